The van der Waals surface area contributed by atoms with Crippen molar-refractivity contribution in [1.82, 2.24) is 25.1 Å². The lowest BCUT2D eigenvalue weighted by molar-refractivity contribution is -0.0963. The summed E-state index contributed by atoms with van der Waals surface area (Å²) in [5.74, 6) is 0. The van der Waals surface area contributed by atoms with Crippen LogP contribution < -0.4 is 0 Å². The third-order valence-corrected chi connectivity index (χ3v) is 5.49. The van der Waals surface area contributed by atoms with Crippen molar-refractivity contribution < 1.29 is 9.47 Å². The van der Waals surface area contributed by atoms with E-state index in [0.717, 1.165) is 19.6 Å². The normalized spacial score (nSPS) is 12.7. The highest BCUT2D eigenvalue weighted by Gasteiger charge is 1.95. The van der Waals surface area contributed by atoms with Crippen LogP contribution in [0.15, 0.2) is 139 Å². The molecule has 8 heteroatoms. The summed E-state index contributed by atoms with van der Waals surface area (Å²) in [7, 11) is 0. The molecule has 1 saturated carbocycles. The first-order valence-electron chi connectivity index (χ1n) is 13.9. The summed E-state index contributed by atoms with van der Waals surface area (Å²) >= 11 is 1.71. The van der Waals surface area contributed by atoms with E-state index in [4.69, 9.17) is 9.47 Å². The summed E-state index contributed by atoms with van der Waals surface area (Å²) in [6.45, 7) is 2.25. The van der Waals surface area contributed by atoms with E-state index in [1.54, 1.807) is 54.6 Å². The summed E-state index contributed by atoms with van der Waals surface area (Å²) in [5, 5.41) is 11.2. The molecule has 2 aliphatic rings. The molecule has 0 bridgehead atoms. The monoisotopic (exact) mass is 573 g/mol. The van der Waals surface area contributed by atoms with E-state index in [0.29, 0.717) is 6.79 Å². The van der Waals surface area contributed by atoms with Crippen LogP contribution in [0, 0.1) is 0 Å². The predicted octanol–water partition coefficient (Wildman–Crippen LogP) is 8.19. The average molecular weight is 574 g/mol. The Bertz CT molecular complexity index is 755. The van der Waals surface area contributed by atoms with E-state index in [2.05, 4.69) is 25.1 Å². The topological polar surface area (TPSA) is 82.9 Å². The van der Waals surface area contributed by atoms with Crippen molar-refractivity contribution in [2.45, 2.75) is 44.9 Å². The lowest BCUT2D eigenvalue weighted by Crippen LogP contribution is -2.11. The molecule has 1 saturated heterocycles. The Balaban J connectivity index is 0.000000239. The SMILES string of the molecule is C1CCCCC1.C1COCOC1.c1ccccc1.c1ccncc1.c1ccnnc1.c1ccsc1.c1cncnc1. The van der Waals surface area contributed by atoms with Gasteiger partial charge in [0.2, 0.25) is 0 Å². The zero-order valence-corrected chi connectivity index (χ0v) is 24.6. The number of benzene rings is 1. The lowest BCUT2D eigenvalue weighted by atomic mass is 10.0. The summed E-state index contributed by atoms with van der Waals surface area (Å²) < 4.78 is 9.69. The molecule has 0 unspecified atom stereocenters. The fourth-order valence-electron chi connectivity index (χ4n) is 2.93. The smallest absolute Gasteiger partial charge is 0.146 e. The number of pyridine rings is 1. The van der Waals surface area contributed by atoms with Crippen LogP contribution >= 0.6 is 11.3 Å². The molecule has 41 heavy (non-hydrogen) atoms. The quantitative estimate of drug-likeness (QED) is 0.185. The number of hydrogen-bond acceptors (Lipinski definition) is 8. The zero-order chi connectivity index (χ0) is 29.0. The predicted molar refractivity (Wildman–Crippen MR) is 168 cm³/mol. The summed E-state index contributed by atoms with van der Waals surface area (Å²) in [5.41, 5.74) is 0. The molecule has 1 aliphatic heterocycles. The lowest BCUT2D eigenvalue weighted by Gasteiger charge is -2.09. The molecule has 218 valence electrons. The Hall–Kier alpha value is -3.85. The number of rotatable bonds is 0. The second-order valence-electron chi connectivity index (χ2n) is 8.20. The van der Waals surface area contributed by atoms with Crippen molar-refractivity contribution in [1.29, 1.82) is 0 Å². The van der Waals surface area contributed by atoms with Gasteiger partial charge in [-0.3, -0.25) is 4.98 Å². The van der Waals surface area contributed by atoms with Gasteiger partial charge in [-0.25, -0.2) is 9.97 Å². The summed E-state index contributed by atoms with van der Waals surface area (Å²) in [6, 6.07) is 27.2. The van der Waals surface area contributed by atoms with E-state index < -0.39 is 0 Å². The van der Waals surface area contributed by atoms with Crippen molar-refractivity contribution >= 4 is 11.3 Å². The van der Waals surface area contributed by atoms with Crippen molar-refractivity contribution in [3.63, 3.8) is 0 Å². The van der Waals surface area contributed by atoms with Crippen molar-refractivity contribution in [2.24, 2.45) is 0 Å². The summed E-state index contributed by atoms with van der Waals surface area (Å²) in [4.78, 5) is 11.1. The van der Waals surface area contributed by atoms with Crippen molar-refractivity contribution in [2.75, 3.05) is 20.0 Å². The molecule has 5 heterocycles. The van der Waals surface area contributed by atoms with Gasteiger partial charge in [-0.2, -0.15) is 21.5 Å². The number of hydrogen-bond donors (Lipinski definition) is 0. The van der Waals surface area contributed by atoms with Gasteiger partial charge < -0.3 is 9.47 Å². The van der Waals surface area contributed by atoms with Crippen LogP contribution in [0.1, 0.15) is 44.9 Å². The van der Waals surface area contributed by atoms with Crippen molar-refractivity contribution in [3.05, 3.63) is 139 Å². The van der Waals surface area contributed by atoms with Crippen LogP contribution in [0.2, 0.25) is 0 Å². The van der Waals surface area contributed by atoms with Gasteiger partial charge >= 0.3 is 0 Å². The van der Waals surface area contributed by atoms with Gasteiger partial charge in [0, 0.05) is 37.2 Å². The van der Waals surface area contributed by atoms with E-state index >= 15 is 0 Å². The van der Waals surface area contributed by atoms with Gasteiger partial charge in [0.25, 0.3) is 0 Å². The van der Waals surface area contributed by atoms with Gasteiger partial charge in [-0.15, -0.1) is 0 Å². The number of thiophene rings is 1. The molecule has 7 rings (SSSR count). The van der Waals surface area contributed by atoms with Crippen molar-refractivity contribution in [3.8, 4) is 0 Å². The highest BCUT2D eigenvalue weighted by atomic mass is 32.1. The molecule has 1 aromatic carbocycles. The highest BCUT2D eigenvalue weighted by Crippen LogP contribution is 2.15. The van der Waals surface area contributed by atoms with E-state index in [-0.39, 0.29) is 0 Å². The first-order valence-corrected chi connectivity index (χ1v) is 14.8. The Morgan fingerprint density at radius 2 is 0.805 bits per heavy atom. The second kappa shape index (κ2) is 32.4. The van der Waals surface area contributed by atoms with Crippen LogP contribution in [0.5, 0.6) is 0 Å². The van der Waals surface area contributed by atoms with E-state index in [1.807, 2.05) is 89.6 Å². The molecule has 5 aromatic rings. The van der Waals surface area contributed by atoms with Gasteiger partial charge in [0.05, 0.1) is 13.2 Å². The fraction of sp³-hybridized carbons (Fsp3) is 0.303. The van der Waals surface area contributed by atoms with E-state index in [1.165, 1.54) is 44.9 Å². The van der Waals surface area contributed by atoms with Crippen LogP contribution in [0.25, 0.3) is 0 Å². The number of nitrogens with zero attached hydrogens (tertiary/aromatic N) is 5. The molecule has 0 N–H and O–H groups in total. The molecule has 0 spiro atoms. The first kappa shape index (κ1) is 35.2. The third kappa shape index (κ3) is 30.5. The average Bonchev–Trinajstić information content (AvgIpc) is 3.72. The Morgan fingerprint density at radius 1 is 0.390 bits per heavy atom. The van der Waals surface area contributed by atoms with Crippen LogP contribution in [-0.2, 0) is 9.47 Å². The Kier molecular flexibility index (Phi) is 27.8. The van der Waals surface area contributed by atoms with Gasteiger partial charge in [-0.05, 0) is 47.5 Å². The largest absolute Gasteiger partial charge is 0.355 e. The summed E-state index contributed by atoms with van der Waals surface area (Å²) in [6.07, 6.45) is 21.7. The number of ether oxygens (including phenoxy) is 2. The molecular formula is C33H43N5O2S. The standard InChI is InChI=1S/C6H12.C6H6.C5H5N.2C4H4N2.C4H8O2.C4H4S/c3*1-2-4-6-5-3-1;1-2-5-4-6-3-1;1-2-4-6-5-3-1;1-2-5-4-6-3-1;1-2-4-5-3-1/h1-6H2;1-6H;1-5H;2*1-4H;1-4H2;1-4H. The molecule has 0 amide bonds. The van der Waals surface area contributed by atoms with Crippen LogP contribution in [0.3, 0.4) is 0 Å². The molecule has 4 aromatic heterocycles. The maximum absolute atomic E-state index is 4.85. The van der Waals surface area contributed by atoms with Crippen LogP contribution in [0.4, 0.5) is 0 Å². The minimum Gasteiger partial charge on any atom is -0.355 e. The Labute approximate surface area is 249 Å². The molecule has 0 atom stereocenters. The number of aromatic nitrogens is 5. The minimum absolute atomic E-state index is 0.500. The molecule has 7 nitrogen and oxygen atoms in total. The highest BCUT2D eigenvalue weighted by molar-refractivity contribution is 7.07. The maximum Gasteiger partial charge on any atom is 0.146 e. The van der Waals surface area contributed by atoms with Gasteiger partial charge in [-0.1, -0.05) is 93.1 Å². The molecule has 2 fully saturated rings. The Morgan fingerprint density at radius 3 is 0.976 bits per heavy atom. The second-order valence-corrected chi connectivity index (χ2v) is 9.02. The van der Waals surface area contributed by atoms with Gasteiger partial charge in [0.1, 0.15) is 13.1 Å². The van der Waals surface area contributed by atoms with E-state index in [9.17, 15) is 0 Å². The molecular weight excluding hydrogens is 530 g/mol. The molecule has 1 aliphatic carbocycles. The fourth-order valence-corrected chi connectivity index (χ4v) is 3.39. The van der Waals surface area contributed by atoms with Crippen LogP contribution in [-0.4, -0.2) is 45.2 Å². The zero-order valence-electron chi connectivity index (χ0n) is 23.8. The first-order chi connectivity index (χ1) is 20.5. The third-order valence-electron chi connectivity index (χ3n) is 4.86. The molecule has 0 radical (unpaired) electrons. The maximum atomic E-state index is 4.85. The van der Waals surface area contributed by atoms with Gasteiger partial charge in [0.15, 0.2) is 0 Å². The minimum atomic E-state index is 0.500.